The second-order valence-electron chi connectivity index (χ2n) is 6.71. The summed E-state index contributed by atoms with van der Waals surface area (Å²) in [5, 5.41) is 6.26. The van der Waals surface area contributed by atoms with E-state index in [0.29, 0.717) is 5.76 Å². The Balaban J connectivity index is 1.48. The Kier molecular flexibility index (Phi) is 4.44. The molecule has 0 bridgehead atoms. The molecule has 0 unspecified atom stereocenters. The molecule has 0 radical (unpaired) electrons. The number of nitrogens with one attached hydrogen (secondary N) is 1. The van der Waals surface area contributed by atoms with Crippen LogP contribution in [0.1, 0.15) is 29.5 Å². The van der Waals surface area contributed by atoms with Crippen LogP contribution in [-0.4, -0.2) is 11.9 Å². The highest BCUT2D eigenvalue weighted by Gasteiger charge is 2.16. The van der Waals surface area contributed by atoms with Crippen molar-refractivity contribution in [3.05, 3.63) is 84.1 Å². The molecule has 1 aromatic heterocycles. The standard InChI is InChI=1S/C23H21NO2/c1-16(11-12-17-7-3-2-4-8-17)24-23(25)22-15-20-19-10-6-5-9-18(19)13-14-21(20)26-22/h2-10,13-16H,11-12H2,1H3,(H,24,25)/t16-/m1/s1. The molecule has 130 valence electrons. The lowest BCUT2D eigenvalue weighted by atomic mass is 10.1. The van der Waals surface area contributed by atoms with Crippen LogP contribution in [0.4, 0.5) is 0 Å². The van der Waals surface area contributed by atoms with Crippen molar-refractivity contribution >= 4 is 27.6 Å². The first-order chi connectivity index (χ1) is 12.7. The molecule has 0 saturated heterocycles. The topological polar surface area (TPSA) is 42.2 Å². The molecule has 1 amide bonds. The third-order valence-corrected chi connectivity index (χ3v) is 4.74. The minimum Gasteiger partial charge on any atom is -0.451 e. The van der Waals surface area contributed by atoms with E-state index < -0.39 is 0 Å². The van der Waals surface area contributed by atoms with Crippen molar-refractivity contribution in [3.8, 4) is 0 Å². The van der Waals surface area contributed by atoms with E-state index in [1.54, 1.807) is 0 Å². The van der Waals surface area contributed by atoms with Gasteiger partial charge in [-0.1, -0.05) is 60.7 Å². The van der Waals surface area contributed by atoms with E-state index >= 15 is 0 Å². The summed E-state index contributed by atoms with van der Waals surface area (Å²) < 4.78 is 5.79. The molecular formula is C23H21NO2. The lowest BCUT2D eigenvalue weighted by Gasteiger charge is -2.12. The van der Waals surface area contributed by atoms with Gasteiger partial charge in [0.05, 0.1) is 0 Å². The number of hydrogen-bond donors (Lipinski definition) is 1. The first kappa shape index (κ1) is 16.4. The quantitative estimate of drug-likeness (QED) is 0.532. The van der Waals surface area contributed by atoms with E-state index in [4.69, 9.17) is 4.42 Å². The van der Waals surface area contributed by atoms with Gasteiger partial charge in [-0.15, -0.1) is 0 Å². The molecule has 0 spiro atoms. The second-order valence-corrected chi connectivity index (χ2v) is 6.71. The van der Waals surface area contributed by atoms with Gasteiger partial charge in [0.15, 0.2) is 5.76 Å². The summed E-state index contributed by atoms with van der Waals surface area (Å²) in [5.74, 6) is 0.203. The second kappa shape index (κ2) is 7.04. The molecule has 1 N–H and O–H groups in total. The number of furan rings is 1. The molecule has 0 fully saturated rings. The van der Waals surface area contributed by atoms with Crippen molar-refractivity contribution in [2.24, 2.45) is 0 Å². The van der Waals surface area contributed by atoms with Gasteiger partial charge in [-0.25, -0.2) is 0 Å². The maximum atomic E-state index is 12.6. The minimum atomic E-state index is -0.161. The van der Waals surface area contributed by atoms with Gasteiger partial charge >= 0.3 is 0 Å². The number of amides is 1. The van der Waals surface area contributed by atoms with Gasteiger partial charge in [-0.2, -0.15) is 0 Å². The Morgan fingerprint density at radius 2 is 1.73 bits per heavy atom. The monoisotopic (exact) mass is 343 g/mol. The summed E-state index contributed by atoms with van der Waals surface area (Å²) in [5.41, 5.74) is 2.02. The van der Waals surface area contributed by atoms with E-state index in [-0.39, 0.29) is 11.9 Å². The fraction of sp³-hybridized carbons (Fsp3) is 0.174. The van der Waals surface area contributed by atoms with Crippen molar-refractivity contribution in [2.45, 2.75) is 25.8 Å². The van der Waals surface area contributed by atoms with Gasteiger partial charge in [-0.05, 0) is 48.2 Å². The predicted octanol–water partition coefficient (Wildman–Crippen LogP) is 5.34. The fourth-order valence-corrected chi connectivity index (χ4v) is 3.30. The highest BCUT2D eigenvalue weighted by molar-refractivity contribution is 6.08. The number of aryl methyl sites for hydroxylation is 1. The maximum absolute atomic E-state index is 12.6. The molecule has 1 heterocycles. The number of hydrogen-bond acceptors (Lipinski definition) is 2. The van der Waals surface area contributed by atoms with Crippen LogP contribution in [0.15, 0.2) is 77.2 Å². The number of benzene rings is 3. The zero-order chi connectivity index (χ0) is 17.9. The molecule has 26 heavy (non-hydrogen) atoms. The van der Waals surface area contributed by atoms with Crippen molar-refractivity contribution in [1.82, 2.24) is 5.32 Å². The van der Waals surface area contributed by atoms with Crippen LogP contribution >= 0.6 is 0 Å². The van der Waals surface area contributed by atoms with Gasteiger partial charge in [-0.3, -0.25) is 4.79 Å². The Hall–Kier alpha value is -3.07. The maximum Gasteiger partial charge on any atom is 0.287 e. The molecule has 3 aromatic carbocycles. The molecule has 3 nitrogen and oxygen atoms in total. The number of carbonyl (C=O) groups is 1. The molecule has 0 saturated carbocycles. The molecule has 0 aliphatic rings. The van der Waals surface area contributed by atoms with Gasteiger partial charge in [0, 0.05) is 11.4 Å². The van der Waals surface area contributed by atoms with E-state index in [2.05, 4.69) is 29.6 Å². The smallest absolute Gasteiger partial charge is 0.287 e. The van der Waals surface area contributed by atoms with Crippen molar-refractivity contribution in [2.75, 3.05) is 0 Å². The highest BCUT2D eigenvalue weighted by Crippen LogP contribution is 2.28. The fourth-order valence-electron chi connectivity index (χ4n) is 3.30. The Labute approximate surface area is 152 Å². The number of fused-ring (bicyclic) bond motifs is 3. The SMILES string of the molecule is C[C@H](CCc1ccccc1)NC(=O)c1cc2c(ccc3ccccc32)o1. The molecule has 0 aliphatic heterocycles. The number of carbonyl (C=O) groups excluding carboxylic acids is 1. The largest absolute Gasteiger partial charge is 0.451 e. The van der Waals surface area contributed by atoms with Crippen LogP contribution in [0.25, 0.3) is 21.7 Å². The predicted molar refractivity (Wildman–Crippen MR) is 105 cm³/mol. The zero-order valence-electron chi connectivity index (χ0n) is 14.7. The van der Waals surface area contributed by atoms with Crippen LogP contribution in [0.5, 0.6) is 0 Å². The molecular weight excluding hydrogens is 322 g/mol. The summed E-state index contributed by atoms with van der Waals surface area (Å²) in [6.07, 6.45) is 1.83. The van der Waals surface area contributed by atoms with Crippen molar-refractivity contribution in [3.63, 3.8) is 0 Å². The molecule has 3 heteroatoms. The van der Waals surface area contributed by atoms with E-state index in [9.17, 15) is 4.79 Å². The summed E-state index contributed by atoms with van der Waals surface area (Å²) in [7, 11) is 0. The van der Waals surface area contributed by atoms with E-state index in [1.807, 2.05) is 55.5 Å². The summed E-state index contributed by atoms with van der Waals surface area (Å²) in [6.45, 7) is 2.03. The van der Waals surface area contributed by atoms with E-state index in [0.717, 1.165) is 34.6 Å². The van der Waals surface area contributed by atoms with Gasteiger partial charge in [0.25, 0.3) is 5.91 Å². The van der Waals surface area contributed by atoms with Crippen molar-refractivity contribution < 1.29 is 9.21 Å². The summed E-state index contributed by atoms with van der Waals surface area (Å²) >= 11 is 0. The summed E-state index contributed by atoms with van der Waals surface area (Å²) in [6, 6.07) is 24.3. The third-order valence-electron chi connectivity index (χ3n) is 4.74. The molecule has 0 aliphatic carbocycles. The normalized spacial score (nSPS) is 12.3. The Morgan fingerprint density at radius 1 is 0.962 bits per heavy atom. The highest BCUT2D eigenvalue weighted by atomic mass is 16.3. The third kappa shape index (κ3) is 3.33. The van der Waals surface area contributed by atoms with Crippen LogP contribution in [0, 0.1) is 0 Å². The minimum absolute atomic E-state index is 0.0765. The lowest BCUT2D eigenvalue weighted by molar-refractivity contribution is 0.0912. The van der Waals surface area contributed by atoms with E-state index in [1.165, 1.54) is 5.56 Å². The Morgan fingerprint density at radius 3 is 2.58 bits per heavy atom. The van der Waals surface area contributed by atoms with Crippen LogP contribution in [0.3, 0.4) is 0 Å². The average Bonchev–Trinajstić information content (AvgIpc) is 3.12. The van der Waals surface area contributed by atoms with Gasteiger partial charge in [0.1, 0.15) is 5.58 Å². The van der Waals surface area contributed by atoms with Crippen LogP contribution in [-0.2, 0) is 6.42 Å². The zero-order valence-corrected chi connectivity index (χ0v) is 14.7. The molecule has 4 rings (SSSR count). The van der Waals surface area contributed by atoms with Gasteiger partial charge < -0.3 is 9.73 Å². The lowest BCUT2D eigenvalue weighted by Crippen LogP contribution is -2.32. The van der Waals surface area contributed by atoms with Gasteiger partial charge in [0.2, 0.25) is 0 Å². The Bertz CT molecular complexity index is 1050. The first-order valence-electron chi connectivity index (χ1n) is 8.97. The molecule has 4 aromatic rings. The average molecular weight is 343 g/mol. The first-order valence-corrected chi connectivity index (χ1v) is 8.97. The van der Waals surface area contributed by atoms with Crippen LogP contribution < -0.4 is 5.32 Å². The molecule has 1 atom stereocenters. The number of rotatable bonds is 5. The van der Waals surface area contributed by atoms with Crippen molar-refractivity contribution in [1.29, 1.82) is 0 Å². The van der Waals surface area contributed by atoms with Crippen LogP contribution in [0.2, 0.25) is 0 Å². The summed E-state index contributed by atoms with van der Waals surface area (Å²) in [4.78, 5) is 12.6.